The summed E-state index contributed by atoms with van der Waals surface area (Å²) < 4.78 is 0. The van der Waals surface area contributed by atoms with Crippen LogP contribution in [0.25, 0.3) is 0 Å². The highest BCUT2D eigenvalue weighted by atomic mass is 16.1. The van der Waals surface area contributed by atoms with E-state index >= 15 is 0 Å². The minimum absolute atomic E-state index is 0.353. The van der Waals surface area contributed by atoms with Gasteiger partial charge in [-0.3, -0.25) is 4.79 Å². The highest BCUT2D eigenvalue weighted by molar-refractivity contribution is 5.94. The Morgan fingerprint density at radius 1 is 1.38 bits per heavy atom. The monoisotopic (exact) mass is 289 g/mol. The smallest absolute Gasteiger partial charge is 0.248 e. The molecule has 1 aliphatic heterocycles. The summed E-state index contributed by atoms with van der Waals surface area (Å²) in [7, 11) is 0. The first-order valence-electron chi connectivity index (χ1n) is 7.87. The quantitative estimate of drug-likeness (QED) is 0.874. The van der Waals surface area contributed by atoms with Crippen molar-refractivity contribution < 1.29 is 4.79 Å². The van der Waals surface area contributed by atoms with Gasteiger partial charge in [-0.05, 0) is 76.4 Å². The topological polar surface area (TPSA) is 58.4 Å². The van der Waals surface area contributed by atoms with Crippen molar-refractivity contribution in [1.82, 2.24) is 5.32 Å². The first kappa shape index (κ1) is 15.8. The zero-order valence-corrected chi connectivity index (χ0v) is 13.4. The summed E-state index contributed by atoms with van der Waals surface area (Å²) >= 11 is 0. The summed E-state index contributed by atoms with van der Waals surface area (Å²) in [5.74, 6) is 0.387. The van der Waals surface area contributed by atoms with Crippen molar-refractivity contribution in [3.63, 3.8) is 0 Å². The van der Waals surface area contributed by atoms with Gasteiger partial charge >= 0.3 is 0 Å². The van der Waals surface area contributed by atoms with E-state index in [1.807, 2.05) is 19.1 Å². The number of hydrogen-bond acceptors (Lipinski definition) is 3. The van der Waals surface area contributed by atoms with Crippen molar-refractivity contribution in [3.05, 3.63) is 29.3 Å². The lowest BCUT2D eigenvalue weighted by molar-refractivity contribution is 0.0999. The maximum absolute atomic E-state index is 11.4. The molecule has 0 unspecified atom stereocenters. The number of aryl methyl sites for hydroxylation is 1. The number of carbonyl (C=O) groups is 1. The van der Waals surface area contributed by atoms with Crippen LogP contribution >= 0.6 is 0 Å². The number of piperidine rings is 1. The first-order valence-corrected chi connectivity index (χ1v) is 7.87. The molecule has 4 heteroatoms. The molecule has 0 spiro atoms. The number of anilines is 1. The third-order valence-corrected chi connectivity index (χ3v) is 4.34. The number of amides is 1. The largest absolute Gasteiger partial charge is 0.369 e. The molecule has 1 aromatic carbocycles. The molecule has 0 saturated carbocycles. The van der Waals surface area contributed by atoms with E-state index in [4.69, 9.17) is 5.73 Å². The van der Waals surface area contributed by atoms with Crippen LogP contribution in [0, 0.1) is 12.8 Å². The van der Waals surface area contributed by atoms with E-state index in [1.165, 1.54) is 18.5 Å². The van der Waals surface area contributed by atoms with Crippen molar-refractivity contribution in [2.24, 2.45) is 11.7 Å². The van der Waals surface area contributed by atoms with Crippen LogP contribution in [0.4, 0.5) is 5.69 Å². The van der Waals surface area contributed by atoms with Crippen LogP contribution in [0.5, 0.6) is 0 Å². The molecule has 2 rings (SSSR count). The molecule has 0 bridgehead atoms. The molecular weight excluding hydrogens is 262 g/mol. The van der Waals surface area contributed by atoms with Gasteiger partial charge in [-0.1, -0.05) is 0 Å². The van der Waals surface area contributed by atoms with E-state index in [-0.39, 0.29) is 5.91 Å². The van der Waals surface area contributed by atoms with E-state index in [2.05, 4.69) is 30.1 Å². The minimum Gasteiger partial charge on any atom is -0.369 e. The fourth-order valence-corrected chi connectivity index (χ4v) is 3.06. The normalized spacial score (nSPS) is 16.2. The fourth-order valence-electron chi connectivity index (χ4n) is 3.06. The van der Waals surface area contributed by atoms with E-state index in [9.17, 15) is 4.79 Å². The van der Waals surface area contributed by atoms with Gasteiger partial charge in [0.05, 0.1) is 0 Å². The summed E-state index contributed by atoms with van der Waals surface area (Å²) in [6, 6.07) is 6.40. The van der Waals surface area contributed by atoms with Gasteiger partial charge < -0.3 is 16.0 Å². The van der Waals surface area contributed by atoms with Crippen molar-refractivity contribution in [1.29, 1.82) is 0 Å². The van der Waals surface area contributed by atoms with Gasteiger partial charge in [-0.25, -0.2) is 0 Å². The van der Waals surface area contributed by atoms with E-state index in [0.29, 0.717) is 11.6 Å². The molecule has 3 N–H and O–H groups in total. The van der Waals surface area contributed by atoms with E-state index in [0.717, 1.165) is 31.1 Å². The average Bonchev–Trinajstić information content (AvgIpc) is 2.45. The van der Waals surface area contributed by atoms with Gasteiger partial charge in [0.25, 0.3) is 0 Å². The van der Waals surface area contributed by atoms with Gasteiger partial charge in [0.2, 0.25) is 5.91 Å². The molecule has 0 aliphatic carbocycles. The number of primary amides is 1. The van der Waals surface area contributed by atoms with Gasteiger partial charge in [0, 0.05) is 23.8 Å². The van der Waals surface area contributed by atoms with Crippen LogP contribution in [-0.4, -0.2) is 31.6 Å². The number of nitrogens with two attached hydrogens (primary N) is 1. The zero-order chi connectivity index (χ0) is 15.4. The minimum atomic E-state index is -0.353. The lowest BCUT2D eigenvalue weighted by atomic mass is 9.96. The van der Waals surface area contributed by atoms with Crippen molar-refractivity contribution >= 4 is 11.6 Å². The molecule has 0 radical (unpaired) electrons. The van der Waals surface area contributed by atoms with Crippen LogP contribution in [0.3, 0.4) is 0 Å². The van der Waals surface area contributed by atoms with Crippen LogP contribution in [0.2, 0.25) is 0 Å². The van der Waals surface area contributed by atoms with Gasteiger partial charge in [-0.15, -0.1) is 0 Å². The SMILES string of the molecule is Cc1cc(N(CC2CCNCC2)C(C)C)ccc1C(N)=O. The number of nitrogens with one attached hydrogen (secondary N) is 1. The summed E-state index contributed by atoms with van der Waals surface area (Å²) in [5, 5.41) is 3.42. The molecule has 0 aromatic heterocycles. The maximum Gasteiger partial charge on any atom is 0.248 e. The zero-order valence-electron chi connectivity index (χ0n) is 13.4. The molecule has 1 aromatic rings. The molecule has 1 heterocycles. The van der Waals surface area contributed by atoms with Gasteiger partial charge in [0.15, 0.2) is 0 Å². The standard InChI is InChI=1S/C17H27N3O/c1-12(2)20(11-14-6-8-19-9-7-14)15-4-5-16(17(18)21)13(3)10-15/h4-5,10,12,14,19H,6-9,11H2,1-3H3,(H2,18,21). The molecule has 1 saturated heterocycles. The average molecular weight is 289 g/mol. The van der Waals surface area contributed by atoms with E-state index in [1.54, 1.807) is 0 Å². The number of hydrogen-bond donors (Lipinski definition) is 2. The molecule has 4 nitrogen and oxygen atoms in total. The lowest BCUT2D eigenvalue weighted by Gasteiger charge is -2.35. The number of carbonyl (C=O) groups excluding carboxylic acids is 1. The summed E-state index contributed by atoms with van der Waals surface area (Å²) in [6.45, 7) is 9.71. The second-order valence-corrected chi connectivity index (χ2v) is 6.30. The summed E-state index contributed by atoms with van der Waals surface area (Å²) in [5.41, 5.74) is 8.15. The third-order valence-electron chi connectivity index (χ3n) is 4.34. The maximum atomic E-state index is 11.4. The van der Waals surface area contributed by atoms with Crippen molar-refractivity contribution in [3.8, 4) is 0 Å². The van der Waals surface area contributed by atoms with Crippen LogP contribution in [0.1, 0.15) is 42.6 Å². The second-order valence-electron chi connectivity index (χ2n) is 6.30. The lowest BCUT2D eigenvalue weighted by Crippen LogP contribution is -2.39. The predicted molar refractivity (Wildman–Crippen MR) is 87.8 cm³/mol. The highest BCUT2D eigenvalue weighted by Gasteiger charge is 2.20. The predicted octanol–water partition coefficient (Wildman–Crippen LogP) is 2.31. The summed E-state index contributed by atoms with van der Waals surface area (Å²) in [4.78, 5) is 13.8. The van der Waals surface area contributed by atoms with Crippen LogP contribution in [-0.2, 0) is 0 Å². The number of rotatable bonds is 5. The Balaban J connectivity index is 2.17. The molecule has 1 fully saturated rings. The Morgan fingerprint density at radius 3 is 2.57 bits per heavy atom. The van der Waals surface area contributed by atoms with Crippen molar-refractivity contribution in [2.75, 3.05) is 24.5 Å². The van der Waals surface area contributed by atoms with Crippen LogP contribution in [0.15, 0.2) is 18.2 Å². The van der Waals surface area contributed by atoms with E-state index < -0.39 is 0 Å². The Kier molecular flexibility index (Phi) is 5.23. The second kappa shape index (κ2) is 6.94. The van der Waals surface area contributed by atoms with Crippen molar-refractivity contribution in [2.45, 2.75) is 39.7 Å². The molecule has 116 valence electrons. The molecule has 21 heavy (non-hydrogen) atoms. The highest BCUT2D eigenvalue weighted by Crippen LogP contribution is 2.24. The Bertz CT molecular complexity index is 493. The first-order chi connectivity index (χ1) is 9.99. The Morgan fingerprint density at radius 2 is 2.05 bits per heavy atom. The third kappa shape index (κ3) is 3.97. The molecular formula is C17H27N3O. The Labute approximate surface area is 127 Å². The molecule has 1 aliphatic rings. The number of benzene rings is 1. The molecule has 0 atom stereocenters. The van der Waals surface area contributed by atoms with Crippen LogP contribution < -0.4 is 16.0 Å². The fraction of sp³-hybridized carbons (Fsp3) is 0.588. The summed E-state index contributed by atoms with van der Waals surface area (Å²) in [6.07, 6.45) is 2.48. The Hall–Kier alpha value is -1.55. The van der Waals surface area contributed by atoms with Gasteiger partial charge in [0.1, 0.15) is 0 Å². The van der Waals surface area contributed by atoms with Gasteiger partial charge in [-0.2, -0.15) is 0 Å². The number of nitrogens with zero attached hydrogens (tertiary/aromatic N) is 1. The molecule has 1 amide bonds.